The van der Waals surface area contributed by atoms with Gasteiger partial charge in [-0.05, 0) is 67.0 Å². The quantitative estimate of drug-likeness (QED) is 0.738. The fourth-order valence-corrected chi connectivity index (χ4v) is 6.25. The highest BCUT2D eigenvalue weighted by atomic mass is 16.5. The fraction of sp³-hybridized carbons (Fsp3) is 0.462. The minimum absolute atomic E-state index is 0.164. The van der Waals surface area contributed by atoms with E-state index in [2.05, 4.69) is 65.3 Å². The van der Waals surface area contributed by atoms with Crippen molar-refractivity contribution in [1.82, 2.24) is 4.90 Å². The first kappa shape index (κ1) is 19.7. The molecule has 158 valence electrons. The van der Waals surface area contributed by atoms with E-state index in [4.69, 9.17) is 4.74 Å². The molecule has 0 spiro atoms. The lowest BCUT2D eigenvalue weighted by molar-refractivity contribution is -0.0669. The van der Waals surface area contributed by atoms with E-state index in [1.807, 2.05) is 6.07 Å². The number of fused-ring (bicyclic) bond motifs is 4. The van der Waals surface area contributed by atoms with Crippen molar-refractivity contribution >= 4 is 5.69 Å². The smallest absolute Gasteiger partial charge is 0.119 e. The molecule has 0 radical (unpaired) electrons. The molecule has 4 aliphatic rings. The number of piperidine rings is 3. The van der Waals surface area contributed by atoms with Gasteiger partial charge in [-0.1, -0.05) is 36.4 Å². The highest BCUT2D eigenvalue weighted by molar-refractivity contribution is 5.63. The van der Waals surface area contributed by atoms with Gasteiger partial charge < -0.3 is 15.2 Å². The van der Waals surface area contributed by atoms with E-state index in [0.717, 1.165) is 49.5 Å². The number of hydrogen-bond acceptors (Lipinski definition) is 4. The van der Waals surface area contributed by atoms with E-state index in [1.54, 1.807) is 7.11 Å². The number of ether oxygens (including phenoxy) is 1. The molecule has 2 N–H and O–H groups in total. The van der Waals surface area contributed by atoms with Crippen LogP contribution in [-0.4, -0.2) is 48.9 Å². The minimum Gasteiger partial charge on any atom is -0.497 e. The van der Waals surface area contributed by atoms with Crippen LogP contribution in [0.1, 0.15) is 30.4 Å². The number of methoxy groups -OCH3 is 1. The SMILES string of the molecule is C=C[C@H]1CN2CC[C@H]1C[C@H]2[C@H](O)[C@]1(c2ccccc2)CCNc2ccc(OC)cc21. The molecule has 2 aromatic rings. The zero-order chi connectivity index (χ0) is 20.7. The molecule has 2 bridgehead atoms. The lowest BCUT2D eigenvalue weighted by atomic mass is 9.61. The van der Waals surface area contributed by atoms with Gasteiger partial charge in [-0.15, -0.1) is 6.58 Å². The number of nitrogens with zero attached hydrogens (tertiary/aromatic N) is 1. The predicted octanol–water partition coefficient (Wildman–Crippen LogP) is 4.05. The van der Waals surface area contributed by atoms with E-state index in [0.29, 0.717) is 11.8 Å². The molecule has 0 aromatic heterocycles. The highest BCUT2D eigenvalue weighted by Gasteiger charge is 2.52. The van der Waals surface area contributed by atoms with Crippen molar-refractivity contribution in [3.05, 3.63) is 72.3 Å². The zero-order valence-electron chi connectivity index (χ0n) is 17.8. The van der Waals surface area contributed by atoms with Gasteiger partial charge in [-0.2, -0.15) is 0 Å². The van der Waals surface area contributed by atoms with Gasteiger partial charge in [0.05, 0.1) is 18.6 Å². The lowest BCUT2D eigenvalue weighted by Crippen LogP contribution is -2.62. The van der Waals surface area contributed by atoms with Crippen LogP contribution < -0.4 is 10.1 Å². The van der Waals surface area contributed by atoms with Crippen LogP contribution >= 0.6 is 0 Å². The number of hydrogen-bond donors (Lipinski definition) is 2. The average Bonchev–Trinajstić information content (AvgIpc) is 2.83. The second-order valence-electron chi connectivity index (χ2n) is 9.12. The van der Waals surface area contributed by atoms with Crippen LogP contribution in [0.4, 0.5) is 5.69 Å². The summed E-state index contributed by atoms with van der Waals surface area (Å²) in [7, 11) is 1.71. The third-order valence-electron chi connectivity index (χ3n) is 7.85. The molecule has 4 heterocycles. The number of benzene rings is 2. The molecule has 3 saturated heterocycles. The lowest BCUT2D eigenvalue weighted by Gasteiger charge is -2.55. The Morgan fingerprint density at radius 2 is 2.10 bits per heavy atom. The van der Waals surface area contributed by atoms with Gasteiger partial charge >= 0.3 is 0 Å². The summed E-state index contributed by atoms with van der Waals surface area (Å²) in [5.74, 6) is 2.02. The third-order valence-corrected chi connectivity index (χ3v) is 7.85. The molecule has 6 rings (SSSR count). The first-order valence-electron chi connectivity index (χ1n) is 11.2. The molecule has 1 unspecified atom stereocenters. The van der Waals surface area contributed by atoms with Crippen LogP contribution in [0.3, 0.4) is 0 Å². The summed E-state index contributed by atoms with van der Waals surface area (Å²) < 4.78 is 5.58. The van der Waals surface area contributed by atoms with Crippen molar-refractivity contribution in [2.45, 2.75) is 36.8 Å². The Bertz CT molecular complexity index is 915. The Morgan fingerprint density at radius 3 is 2.80 bits per heavy atom. The molecular weight excluding hydrogens is 372 g/mol. The van der Waals surface area contributed by atoms with E-state index < -0.39 is 11.5 Å². The second kappa shape index (κ2) is 7.75. The van der Waals surface area contributed by atoms with Crippen LogP contribution in [-0.2, 0) is 5.41 Å². The van der Waals surface area contributed by atoms with Gasteiger partial charge in [0.1, 0.15) is 5.75 Å². The van der Waals surface area contributed by atoms with E-state index >= 15 is 0 Å². The number of rotatable bonds is 5. The first-order valence-corrected chi connectivity index (χ1v) is 11.2. The summed E-state index contributed by atoms with van der Waals surface area (Å²) in [5, 5.41) is 15.7. The number of anilines is 1. The minimum atomic E-state index is -0.485. The Kier molecular flexibility index (Phi) is 5.08. The van der Waals surface area contributed by atoms with Crippen molar-refractivity contribution in [1.29, 1.82) is 0 Å². The summed E-state index contributed by atoms with van der Waals surface area (Å²) in [5.41, 5.74) is 2.98. The molecule has 4 aliphatic heterocycles. The molecule has 0 saturated carbocycles. The van der Waals surface area contributed by atoms with Crippen LogP contribution in [0.5, 0.6) is 5.75 Å². The maximum absolute atomic E-state index is 12.2. The van der Waals surface area contributed by atoms with E-state index in [-0.39, 0.29) is 6.04 Å². The molecule has 6 atom stereocenters. The molecule has 3 fully saturated rings. The predicted molar refractivity (Wildman–Crippen MR) is 121 cm³/mol. The topological polar surface area (TPSA) is 44.7 Å². The maximum atomic E-state index is 12.2. The maximum Gasteiger partial charge on any atom is 0.119 e. The van der Waals surface area contributed by atoms with Crippen molar-refractivity contribution in [2.75, 3.05) is 32.1 Å². The standard InChI is InChI=1S/C26H32N2O2/c1-3-18-17-28-14-11-19(18)15-24(28)25(29)26(20-7-5-4-6-8-20)12-13-27-23-10-9-21(30-2)16-22(23)26/h3-10,16,18-19,24-25,27,29H,1,11-15,17H2,2H3/t18-,19-,24-,25-,26-/m0/s1. The van der Waals surface area contributed by atoms with Gasteiger partial charge in [0.2, 0.25) is 0 Å². The van der Waals surface area contributed by atoms with Crippen LogP contribution in [0.2, 0.25) is 0 Å². The van der Waals surface area contributed by atoms with Crippen LogP contribution in [0.15, 0.2) is 61.2 Å². The summed E-state index contributed by atoms with van der Waals surface area (Å²) in [4.78, 5) is 2.52. The molecule has 0 amide bonds. The van der Waals surface area contributed by atoms with Gasteiger partial charge in [0.25, 0.3) is 0 Å². The Morgan fingerprint density at radius 1 is 1.27 bits per heavy atom. The highest BCUT2D eigenvalue weighted by Crippen LogP contribution is 2.50. The first-order chi connectivity index (χ1) is 14.7. The van der Waals surface area contributed by atoms with Crippen LogP contribution in [0, 0.1) is 11.8 Å². The Balaban J connectivity index is 1.63. The summed E-state index contributed by atoms with van der Waals surface area (Å²) in [6.07, 6.45) is 4.75. The number of aliphatic hydroxyl groups excluding tert-OH is 1. The normalized spacial score (nSPS) is 33.3. The summed E-state index contributed by atoms with van der Waals surface area (Å²) in [6.45, 7) is 7.00. The summed E-state index contributed by atoms with van der Waals surface area (Å²) in [6, 6.07) is 17.0. The summed E-state index contributed by atoms with van der Waals surface area (Å²) >= 11 is 0. The van der Waals surface area contributed by atoms with Crippen molar-refractivity contribution in [2.24, 2.45) is 11.8 Å². The van der Waals surface area contributed by atoms with Gasteiger partial charge in [0, 0.05) is 24.8 Å². The van der Waals surface area contributed by atoms with E-state index in [1.165, 1.54) is 12.0 Å². The van der Waals surface area contributed by atoms with Gasteiger partial charge in [0.15, 0.2) is 0 Å². The largest absolute Gasteiger partial charge is 0.497 e. The number of nitrogens with one attached hydrogen (secondary N) is 1. The second-order valence-corrected chi connectivity index (χ2v) is 9.12. The number of aliphatic hydroxyl groups is 1. The molecule has 4 heteroatoms. The van der Waals surface area contributed by atoms with Crippen molar-refractivity contribution in [3.8, 4) is 5.75 Å². The average molecular weight is 405 g/mol. The Hall–Kier alpha value is -2.30. The molecular formula is C26H32N2O2. The molecule has 4 nitrogen and oxygen atoms in total. The third kappa shape index (κ3) is 2.97. The Labute approximate surface area is 179 Å². The van der Waals surface area contributed by atoms with Crippen LogP contribution in [0.25, 0.3) is 0 Å². The molecule has 30 heavy (non-hydrogen) atoms. The fourth-order valence-electron chi connectivity index (χ4n) is 6.25. The molecule has 2 aromatic carbocycles. The van der Waals surface area contributed by atoms with Gasteiger partial charge in [-0.25, -0.2) is 0 Å². The van der Waals surface area contributed by atoms with Crippen molar-refractivity contribution in [3.63, 3.8) is 0 Å². The zero-order valence-corrected chi connectivity index (χ0v) is 17.8. The molecule has 0 aliphatic carbocycles. The van der Waals surface area contributed by atoms with E-state index in [9.17, 15) is 5.11 Å². The van der Waals surface area contributed by atoms with Crippen molar-refractivity contribution < 1.29 is 9.84 Å². The van der Waals surface area contributed by atoms with Gasteiger partial charge in [-0.3, -0.25) is 4.90 Å². The monoisotopic (exact) mass is 404 g/mol.